The number of aromatic amines is 1. The summed E-state index contributed by atoms with van der Waals surface area (Å²) in [5.74, 6) is -0.752. The molecule has 0 unspecified atom stereocenters. The van der Waals surface area contributed by atoms with Crippen molar-refractivity contribution in [1.29, 1.82) is 0 Å². The average molecular weight is 291 g/mol. The smallest absolute Gasteiger partial charge is 0.417 e. The maximum absolute atomic E-state index is 13.0. The van der Waals surface area contributed by atoms with Gasteiger partial charge in [0.1, 0.15) is 4.88 Å². The highest BCUT2D eigenvalue weighted by Crippen LogP contribution is 2.41. The minimum absolute atomic E-state index is 0.0372. The van der Waals surface area contributed by atoms with Crippen molar-refractivity contribution in [1.82, 2.24) is 0 Å². The summed E-state index contributed by atoms with van der Waals surface area (Å²) in [5.41, 5.74) is 4.91. The molecule has 0 bridgehead atoms. The van der Waals surface area contributed by atoms with Crippen LogP contribution in [-0.4, -0.2) is 13.1 Å². The van der Waals surface area contributed by atoms with Gasteiger partial charge in [0, 0.05) is 13.0 Å². The molecule has 2 aromatic rings. The number of nitrogen functional groups attached to an aromatic ring is 1. The fourth-order valence-electron chi connectivity index (χ4n) is 1.77. The van der Waals surface area contributed by atoms with Crippen LogP contribution >= 0.6 is 11.3 Å². The summed E-state index contributed by atoms with van der Waals surface area (Å²) in [6.45, 7) is 1.50. The van der Waals surface area contributed by atoms with Gasteiger partial charge in [-0.25, -0.2) is 4.79 Å². The highest BCUT2D eigenvalue weighted by molar-refractivity contribution is 7.20. The number of pyridine rings is 1. The second-order valence-corrected chi connectivity index (χ2v) is 4.92. The maximum atomic E-state index is 13.0. The number of hydrogen-bond donors (Lipinski definition) is 1. The SMILES string of the molecule is COC(=O)c1sc2[nH+]c(C)cc(C(F)(F)F)c2c1N. The number of anilines is 1. The van der Waals surface area contributed by atoms with Crippen LogP contribution in [-0.2, 0) is 10.9 Å². The quantitative estimate of drug-likeness (QED) is 0.820. The van der Waals surface area contributed by atoms with Gasteiger partial charge in [0.15, 0.2) is 5.69 Å². The zero-order chi connectivity index (χ0) is 14.4. The van der Waals surface area contributed by atoms with E-state index in [2.05, 4.69) is 9.72 Å². The first-order valence-corrected chi connectivity index (χ1v) is 5.97. The number of nitrogens with one attached hydrogen (secondary N) is 1. The van der Waals surface area contributed by atoms with Crippen molar-refractivity contribution >= 4 is 33.2 Å². The molecule has 3 N–H and O–H groups in total. The average Bonchev–Trinajstić information content (AvgIpc) is 2.63. The predicted octanol–water partition coefficient (Wildman–Crippen LogP) is 2.41. The molecule has 2 rings (SSSR count). The lowest BCUT2D eigenvalue weighted by Gasteiger charge is -2.07. The molecule has 0 aliphatic carbocycles. The monoisotopic (exact) mass is 291 g/mol. The molecule has 0 spiro atoms. The summed E-state index contributed by atoms with van der Waals surface area (Å²) >= 11 is 0.846. The number of thiophene rings is 1. The van der Waals surface area contributed by atoms with Crippen LogP contribution < -0.4 is 10.7 Å². The Morgan fingerprint density at radius 1 is 1.47 bits per heavy atom. The van der Waals surface area contributed by atoms with E-state index in [-0.39, 0.29) is 20.8 Å². The maximum Gasteiger partial charge on any atom is 0.417 e. The number of esters is 1. The van der Waals surface area contributed by atoms with E-state index in [1.807, 2.05) is 0 Å². The second kappa shape index (κ2) is 4.37. The van der Waals surface area contributed by atoms with Crippen molar-refractivity contribution < 1.29 is 27.7 Å². The van der Waals surface area contributed by atoms with E-state index in [1.54, 1.807) is 0 Å². The third kappa shape index (κ3) is 2.23. The van der Waals surface area contributed by atoms with Crippen molar-refractivity contribution in [2.75, 3.05) is 12.8 Å². The first-order valence-electron chi connectivity index (χ1n) is 5.16. The van der Waals surface area contributed by atoms with Crippen LogP contribution in [0.3, 0.4) is 0 Å². The standard InChI is InChI=1S/C11H9F3N2O2S/c1-4-3-5(11(12,13)14)6-7(15)8(10(17)18-2)19-9(6)16-4/h3H,15H2,1-2H3/p+1. The predicted molar refractivity (Wildman–Crippen MR) is 63.9 cm³/mol. The van der Waals surface area contributed by atoms with E-state index in [4.69, 9.17) is 5.73 Å². The van der Waals surface area contributed by atoms with Gasteiger partial charge in [-0.3, -0.25) is 0 Å². The van der Waals surface area contributed by atoms with Gasteiger partial charge in [0.05, 0.1) is 23.7 Å². The van der Waals surface area contributed by atoms with Crippen molar-refractivity contribution in [2.45, 2.75) is 13.1 Å². The van der Waals surface area contributed by atoms with E-state index < -0.39 is 17.7 Å². The van der Waals surface area contributed by atoms with Gasteiger partial charge in [-0.15, -0.1) is 0 Å². The molecule has 102 valence electrons. The fraction of sp³-hybridized carbons (Fsp3) is 0.273. The van der Waals surface area contributed by atoms with Gasteiger partial charge in [-0.05, 0) is 0 Å². The summed E-state index contributed by atoms with van der Waals surface area (Å²) in [5, 5.41) is -0.191. The molecule has 0 radical (unpaired) electrons. The Morgan fingerprint density at radius 2 is 2.11 bits per heavy atom. The number of hydrogen-bond acceptors (Lipinski definition) is 4. The minimum Gasteiger partial charge on any atom is -0.465 e. The lowest BCUT2D eigenvalue weighted by atomic mass is 10.1. The number of aromatic nitrogens is 1. The van der Waals surface area contributed by atoms with Crippen LogP contribution in [0.2, 0.25) is 0 Å². The highest BCUT2D eigenvalue weighted by Gasteiger charge is 2.37. The summed E-state index contributed by atoms with van der Waals surface area (Å²) in [4.78, 5) is 14.4. The first-order chi connectivity index (χ1) is 8.75. The number of nitrogens with two attached hydrogens (primary N) is 1. The summed E-state index contributed by atoms with van der Waals surface area (Å²) in [6, 6.07) is 0.965. The number of ether oxygens (including phenoxy) is 1. The molecule has 0 amide bonds. The molecule has 0 aliphatic heterocycles. The zero-order valence-electron chi connectivity index (χ0n) is 10.0. The van der Waals surface area contributed by atoms with Gasteiger partial charge < -0.3 is 10.5 Å². The van der Waals surface area contributed by atoms with E-state index in [9.17, 15) is 18.0 Å². The number of alkyl halides is 3. The van der Waals surface area contributed by atoms with E-state index >= 15 is 0 Å². The molecule has 0 aliphatic rings. The number of H-pyrrole nitrogens is 1. The van der Waals surface area contributed by atoms with Crippen molar-refractivity contribution in [2.24, 2.45) is 0 Å². The normalized spacial score (nSPS) is 11.8. The van der Waals surface area contributed by atoms with Crippen LogP contribution in [0.5, 0.6) is 0 Å². The fourth-order valence-corrected chi connectivity index (χ4v) is 2.89. The van der Waals surface area contributed by atoms with Gasteiger partial charge in [0.2, 0.25) is 0 Å². The number of methoxy groups -OCH3 is 1. The topological polar surface area (TPSA) is 66.5 Å². The van der Waals surface area contributed by atoms with Crippen molar-refractivity contribution in [3.05, 3.63) is 22.2 Å². The molecule has 0 saturated carbocycles. The molecule has 19 heavy (non-hydrogen) atoms. The van der Waals surface area contributed by atoms with Gasteiger partial charge in [-0.1, -0.05) is 11.3 Å². The summed E-state index contributed by atoms with van der Waals surface area (Å²) in [6.07, 6.45) is -4.54. The van der Waals surface area contributed by atoms with Gasteiger partial charge in [-0.2, -0.15) is 18.2 Å². The Kier molecular flexibility index (Phi) is 3.13. The molecule has 2 aromatic heterocycles. The Bertz CT molecular complexity index is 664. The number of aryl methyl sites for hydroxylation is 1. The van der Waals surface area contributed by atoms with E-state index in [0.29, 0.717) is 5.69 Å². The number of rotatable bonds is 1. The Hall–Kier alpha value is -1.83. The molecule has 0 aromatic carbocycles. The summed E-state index contributed by atoms with van der Waals surface area (Å²) < 4.78 is 43.5. The molecule has 0 saturated heterocycles. The number of carbonyl (C=O) groups is 1. The van der Waals surface area contributed by atoms with Crippen molar-refractivity contribution in [3.8, 4) is 0 Å². The Balaban J connectivity index is 2.84. The zero-order valence-corrected chi connectivity index (χ0v) is 10.8. The molecule has 0 fully saturated rings. The van der Waals surface area contributed by atoms with Crippen molar-refractivity contribution in [3.63, 3.8) is 0 Å². The van der Waals surface area contributed by atoms with Gasteiger partial charge >= 0.3 is 12.1 Å². The van der Waals surface area contributed by atoms with E-state index in [1.165, 1.54) is 6.92 Å². The molecule has 2 heterocycles. The van der Waals surface area contributed by atoms with Crippen LogP contribution in [0.4, 0.5) is 18.9 Å². The summed E-state index contributed by atoms with van der Waals surface area (Å²) in [7, 11) is 1.14. The van der Waals surface area contributed by atoms with E-state index in [0.717, 1.165) is 24.5 Å². The molecular weight excluding hydrogens is 281 g/mol. The highest BCUT2D eigenvalue weighted by atomic mass is 32.1. The molecule has 4 nitrogen and oxygen atoms in total. The Labute approximate surface area is 110 Å². The minimum atomic E-state index is -4.54. The molecular formula is C11H10F3N2O2S+. The molecule has 8 heteroatoms. The third-order valence-corrected chi connectivity index (χ3v) is 3.66. The lowest BCUT2D eigenvalue weighted by molar-refractivity contribution is -0.352. The van der Waals surface area contributed by atoms with Crippen LogP contribution in [0.15, 0.2) is 6.07 Å². The first kappa shape index (κ1) is 13.6. The Morgan fingerprint density at radius 3 is 2.63 bits per heavy atom. The number of carbonyl (C=O) groups excluding carboxylic acids is 1. The molecule has 0 atom stereocenters. The third-order valence-electron chi connectivity index (χ3n) is 2.56. The number of halogens is 3. The number of fused-ring (bicyclic) bond motifs is 1. The van der Waals surface area contributed by atoms with Crippen LogP contribution in [0, 0.1) is 6.92 Å². The van der Waals surface area contributed by atoms with Crippen LogP contribution in [0.1, 0.15) is 20.9 Å². The lowest BCUT2D eigenvalue weighted by Crippen LogP contribution is -2.14. The largest absolute Gasteiger partial charge is 0.465 e. The van der Waals surface area contributed by atoms with Gasteiger partial charge in [0.25, 0.3) is 4.83 Å². The second-order valence-electron chi connectivity index (χ2n) is 3.90. The van der Waals surface area contributed by atoms with Crippen LogP contribution in [0.25, 0.3) is 10.2 Å².